The smallest absolute Gasteiger partial charge is 0.384 e. The van der Waals surface area contributed by atoms with E-state index in [4.69, 9.17) is 0 Å². The van der Waals surface area contributed by atoms with Crippen LogP contribution in [0.1, 0.15) is 0 Å². The molecule has 0 radical (unpaired) electrons. The number of carbonyl (C=O) groups is 1. The lowest BCUT2D eigenvalue weighted by molar-refractivity contribution is -0.133. The lowest BCUT2D eigenvalue weighted by Gasteiger charge is -2.04. The molecule has 0 unspecified atom stereocenters. The van der Waals surface area contributed by atoms with E-state index in [1.807, 2.05) is 11.4 Å². The molecule has 2 aromatic heterocycles. The summed E-state index contributed by atoms with van der Waals surface area (Å²) < 4.78 is 6.54. The molecule has 0 aliphatic heterocycles. The topological polar surface area (TPSA) is 61.2 Å². The molecular weight excluding hydrogens is 284 g/mol. The maximum absolute atomic E-state index is 12.0. The number of thiophene rings is 1. The van der Waals surface area contributed by atoms with Crippen molar-refractivity contribution >= 4 is 39.3 Å². The standard InChI is InChI=1S/C12H10N2O3S2/c1-14-11(16)10-8(5-7-18-10)13-12(14)19-6-3-4-9(15)17-2/h5,7H,6H2,1-2H3. The van der Waals surface area contributed by atoms with Crippen LogP contribution in [0.4, 0.5) is 0 Å². The Morgan fingerprint density at radius 1 is 1.63 bits per heavy atom. The Labute approximate surface area is 117 Å². The molecule has 2 aromatic rings. The van der Waals surface area contributed by atoms with Crippen LogP contribution in [-0.2, 0) is 16.6 Å². The number of nitrogens with zero attached hydrogens (tertiary/aromatic N) is 2. The van der Waals surface area contributed by atoms with Crippen LogP contribution in [0.15, 0.2) is 21.4 Å². The maximum Gasteiger partial charge on any atom is 0.384 e. The molecule has 0 saturated carbocycles. The molecule has 7 heteroatoms. The van der Waals surface area contributed by atoms with Gasteiger partial charge in [0.05, 0.1) is 18.4 Å². The second kappa shape index (κ2) is 5.91. The fraction of sp³-hybridized carbons (Fsp3) is 0.250. The molecular formula is C12H10N2O3S2. The van der Waals surface area contributed by atoms with Crippen molar-refractivity contribution in [2.75, 3.05) is 12.9 Å². The highest BCUT2D eigenvalue weighted by Gasteiger charge is 2.08. The molecule has 0 atom stereocenters. The van der Waals surface area contributed by atoms with E-state index in [2.05, 4.69) is 21.6 Å². The lowest BCUT2D eigenvalue weighted by Crippen LogP contribution is -2.18. The van der Waals surface area contributed by atoms with Gasteiger partial charge >= 0.3 is 5.97 Å². The van der Waals surface area contributed by atoms with E-state index in [1.54, 1.807) is 7.05 Å². The maximum atomic E-state index is 12.0. The Balaban J connectivity index is 2.21. The summed E-state index contributed by atoms with van der Waals surface area (Å²) in [6.45, 7) is 0. The summed E-state index contributed by atoms with van der Waals surface area (Å²) in [7, 11) is 2.95. The quantitative estimate of drug-likeness (QED) is 0.274. The van der Waals surface area contributed by atoms with E-state index < -0.39 is 5.97 Å². The van der Waals surface area contributed by atoms with E-state index >= 15 is 0 Å². The molecule has 2 rings (SSSR count). The van der Waals surface area contributed by atoms with E-state index in [0.717, 1.165) is 0 Å². The first-order valence-corrected chi connectivity index (χ1v) is 7.14. The zero-order valence-electron chi connectivity index (χ0n) is 10.3. The highest BCUT2D eigenvalue weighted by Crippen LogP contribution is 2.19. The van der Waals surface area contributed by atoms with E-state index in [0.29, 0.717) is 21.1 Å². The van der Waals surface area contributed by atoms with Crippen LogP contribution in [0, 0.1) is 11.8 Å². The highest BCUT2D eigenvalue weighted by atomic mass is 32.2. The van der Waals surface area contributed by atoms with Crippen molar-refractivity contribution in [2.24, 2.45) is 7.05 Å². The van der Waals surface area contributed by atoms with Crippen molar-refractivity contribution < 1.29 is 9.53 Å². The molecule has 2 heterocycles. The third-order valence-electron chi connectivity index (χ3n) is 2.30. The van der Waals surface area contributed by atoms with Gasteiger partial charge in [-0.1, -0.05) is 17.7 Å². The number of rotatable bonds is 2. The van der Waals surface area contributed by atoms with E-state index in [9.17, 15) is 9.59 Å². The Hall–Kier alpha value is -1.78. The van der Waals surface area contributed by atoms with Crippen LogP contribution in [0.5, 0.6) is 0 Å². The third kappa shape index (κ3) is 2.97. The van der Waals surface area contributed by atoms with Gasteiger partial charge in [0, 0.05) is 13.0 Å². The summed E-state index contributed by atoms with van der Waals surface area (Å²) in [6.07, 6.45) is 0. The predicted octanol–water partition coefficient (Wildman–Crippen LogP) is 1.26. The van der Waals surface area contributed by atoms with Crippen molar-refractivity contribution in [1.29, 1.82) is 0 Å². The van der Waals surface area contributed by atoms with Crippen LogP contribution in [0.2, 0.25) is 0 Å². The Morgan fingerprint density at radius 2 is 2.42 bits per heavy atom. The van der Waals surface area contributed by atoms with Gasteiger partial charge in [0.15, 0.2) is 5.16 Å². The van der Waals surface area contributed by atoms with Gasteiger partial charge < -0.3 is 4.74 Å². The van der Waals surface area contributed by atoms with Crippen LogP contribution in [-0.4, -0.2) is 28.4 Å². The summed E-state index contributed by atoms with van der Waals surface area (Å²) in [6, 6.07) is 1.81. The monoisotopic (exact) mass is 294 g/mol. The molecule has 0 aliphatic rings. The van der Waals surface area contributed by atoms with E-state index in [-0.39, 0.29) is 5.56 Å². The summed E-state index contributed by atoms with van der Waals surface area (Å²) in [5.41, 5.74) is 0.625. The lowest BCUT2D eigenvalue weighted by atomic mass is 10.5. The van der Waals surface area contributed by atoms with Crippen LogP contribution < -0.4 is 5.56 Å². The van der Waals surface area contributed by atoms with Gasteiger partial charge in [-0.25, -0.2) is 9.78 Å². The van der Waals surface area contributed by atoms with Crippen LogP contribution in [0.25, 0.3) is 10.2 Å². The van der Waals surface area contributed by atoms with Crippen molar-refractivity contribution in [3.8, 4) is 11.8 Å². The fourth-order valence-corrected chi connectivity index (χ4v) is 2.87. The number of carbonyl (C=O) groups excluding carboxylic acids is 1. The number of esters is 1. The SMILES string of the molecule is COC(=O)C#CCSc1nc2ccsc2c(=O)n1C. The number of ether oxygens (including phenoxy) is 1. The first-order chi connectivity index (χ1) is 9.13. The fourth-order valence-electron chi connectivity index (χ4n) is 1.36. The number of hydrogen-bond acceptors (Lipinski definition) is 6. The molecule has 0 spiro atoms. The Bertz CT molecular complexity index is 737. The minimum absolute atomic E-state index is 0.0663. The molecule has 5 nitrogen and oxygen atoms in total. The molecule has 0 fully saturated rings. The van der Waals surface area contributed by atoms with Crippen molar-refractivity contribution in [3.63, 3.8) is 0 Å². The molecule has 0 aromatic carbocycles. The number of aromatic nitrogens is 2. The third-order valence-corrected chi connectivity index (χ3v) is 4.10. The summed E-state index contributed by atoms with van der Waals surface area (Å²) in [5, 5.41) is 2.42. The molecule has 0 N–H and O–H groups in total. The summed E-state index contributed by atoms with van der Waals surface area (Å²) >= 11 is 2.68. The molecule has 19 heavy (non-hydrogen) atoms. The first-order valence-electron chi connectivity index (χ1n) is 5.27. The molecule has 98 valence electrons. The van der Waals surface area contributed by atoms with Crippen molar-refractivity contribution in [1.82, 2.24) is 9.55 Å². The molecule has 0 bridgehead atoms. The second-order valence-corrected chi connectivity index (χ2v) is 5.33. The van der Waals surface area contributed by atoms with Crippen molar-refractivity contribution in [3.05, 3.63) is 21.8 Å². The predicted molar refractivity (Wildman–Crippen MR) is 75.4 cm³/mol. The highest BCUT2D eigenvalue weighted by molar-refractivity contribution is 7.99. The average Bonchev–Trinajstić information content (AvgIpc) is 2.88. The Kier molecular flexibility index (Phi) is 4.24. The minimum Gasteiger partial charge on any atom is -0.459 e. The van der Waals surface area contributed by atoms with Gasteiger partial charge in [-0.2, -0.15) is 0 Å². The van der Waals surface area contributed by atoms with Gasteiger partial charge in [0.2, 0.25) is 0 Å². The average molecular weight is 294 g/mol. The number of methoxy groups -OCH3 is 1. The van der Waals surface area contributed by atoms with Gasteiger partial charge in [-0.05, 0) is 11.4 Å². The van der Waals surface area contributed by atoms with E-state index in [1.165, 1.54) is 34.8 Å². The second-order valence-electron chi connectivity index (χ2n) is 3.48. The van der Waals surface area contributed by atoms with Gasteiger partial charge in [-0.15, -0.1) is 11.3 Å². The zero-order chi connectivity index (χ0) is 13.8. The minimum atomic E-state index is -0.573. The van der Waals surface area contributed by atoms with Crippen LogP contribution >= 0.6 is 23.1 Å². The van der Waals surface area contributed by atoms with Crippen LogP contribution in [0.3, 0.4) is 0 Å². The molecule has 0 amide bonds. The number of fused-ring (bicyclic) bond motifs is 1. The Morgan fingerprint density at radius 3 is 3.16 bits per heavy atom. The zero-order valence-corrected chi connectivity index (χ0v) is 11.9. The summed E-state index contributed by atoms with van der Waals surface area (Å²) in [4.78, 5) is 27.2. The first kappa shape index (κ1) is 13.6. The normalized spacial score (nSPS) is 10.0. The van der Waals surface area contributed by atoms with Gasteiger partial charge in [0.25, 0.3) is 5.56 Å². The van der Waals surface area contributed by atoms with Gasteiger partial charge in [0.1, 0.15) is 4.70 Å². The summed E-state index contributed by atoms with van der Waals surface area (Å²) in [5.74, 6) is 4.78. The molecule has 0 saturated heterocycles. The number of thioether (sulfide) groups is 1. The largest absolute Gasteiger partial charge is 0.459 e. The van der Waals surface area contributed by atoms with Crippen molar-refractivity contribution in [2.45, 2.75) is 5.16 Å². The van der Waals surface area contributed by atoms with Gasteiger partial charge in [-0.3, -0.25) is 9.36 Å². The number of hydrogen-bond donors (Lipinski definition) is 0. The molecule has 0 aliphatic carbocycles.